The highest BCUT2D eigenvalue weighted by atomic mass is 32.2. The van der Waals surface area contributed by atoms with Crippen LogP contribution in [0.4, 0.5) is 4.39 Å². The molecule has 0 saturated carbocycles. The molecule has 0 unspecified atom stereocenters. The first-order chi connectivity index (χ1) is 17.3. The number of hydrogen-bond acceptors (Lipinski definition) is 6. The lowest BCUT2D eigenvalue weighted by Crippen LogP contribution is -2.69. The van der Waals surface area contributed by atoms with Crippen molar-refractivity contribution >= 4 is 29.4 Å². The fourth-order valence-electron chi connectivity index (χ4n) is 4.08. The molecule has 9 heteroatoms. The second kappa shape index (κ2) is 10.8. The van der Waals surface area contributed by atoms with E-state index in [-0.39, 0.29) is 17.4 Å². The van der Waals surface area contributed by atoms with Crippen LogP contribution in [0.2, 0.25) is 0 Å². The molecule has 1 saturated heterocycles. The minimum Gasteiger partial charge on any atom is -0.494 e. The SMILES string of the molecule is CCOc1ccc(C(=O)CS[C@H]2C(=O)N[C@@]2(c2ccc(F)cc2)c2ccc(OCC(=O)O)cc2)cc1. The lowest BCUT2D eigenvalue weighted by atomic mass is 9.74. The largest absolute Gasteiger partial charge is 0.494 e. The third-order valence-electron chi connectivity index (χ3n) is 5.79. The van der Waals surface area contributed by atoms with E-state index in [4.69, 9.17) is 14.6 Å². The zero-order valence-corrected chi connectivity index (χ0v) is 20.2. The first-order valence-electron chi connectivity index (χ1n) is 11.2. The summed E-state index contributed by atoms with van der Waals surface area (Å²) in [6.07, 6.45) is 0. The first kappa shape index (κ1) is 25.2. The molecule has 0 bridgehead atoms. The molecule has 0 aromatic heterocycles. The molecular weight excluding hydrogens is 485 g/mol. The smallest absolute Gasteiger partial charge is 0.341 e. The molecule has 1 heterocycles. The van der Waals surface area contributed by atoms with Gasteiger partial charge >= 0.3 is 5.97 Å². The minimum absolute atomic E-state index is 0.0643. The lowest BCUT2D eigenvalue weighted by molar-refractivity contribution is -0.139. The van der Waals surface area contributed by atoms with Crippen molar-refractivity contribution < 1.29 is 33.4 Å². The van der Waals surface area contributed by atoms with E-state index in [1.54, 1.807) is 60.7 Å². The monoisotopic (exact) mass is 509 g/mol. The Morgan fingerprint density at radius 2 is 1.50 bits per heavy atom. The Morgan fingerprint density at radius 3 is 2.06 bits per heavy atom. The van der Waals surface area contributed by atoms with Crippen molar-refractivity contribution in [3.63, 3.8) is 0 Å². The summed E-state index contributed by atoms with van der Waals surface area (Å²) in [6, 6.07) is 19.4. The number of carbonyl (C=O) groups is 3. The standard InChI is InChI=1S/C27H24FNO6S/c1-2-34-21-11-3-17(4-12-21)23(30)16-36-25-26(33)29-27(25,18-5-9-20(28)10-6-18)19-7-13-22(14-8-19)35-15-24(31)32/h3-14,25H,2,15-16H2,1H3,(H,29,33)(H,31,32)/t25-,27-/m0/s1. The van der Waals surface area contributed by atoms with Gasteiger partial charge in [0.15, 0.2) is 12.4 Å². The Hall–Kier alpha value is -3.85. The van der Waals surface area contributed by atoms with Gasteiger partial charge in [-0.3, -0.25) is 9.59 Å². The minimum atomic E-state index is -1.10. The molecule has 2 N–H and O–H groups in total. The maximum Gasteiger partial charge on any atom is 0.341 e. The van der Waals surface area contributed by atoms with Gasteiger partial charge in [0.2, 0.25) is 5.91 Å². The van der Waals surface area contributed by atoms with Crippen LogP contribution in [0.25, 0.3) is 0 Å². The molecule has 0 aliphatic carbocycles. The number of nitrogens with one attached hydrogen (secondary N) is 1. The predicted octanol–water partition coefficient (Wildman–Crippen LogP) is 4.05. The van der Waals surface area contributed by atoms with Gasteiger partial charge in [-0.2, -0.15) is 0 Å². The summed E-state index contributed by atoms with van der Waals surface area (Å²) in [5.74, 6) is -0.784. The van der Waals surface area contributed by atoms with E-state index in [2.05, 4.69) is 5.32 Å². The molecule has 1 aliphatic heterocycles. The van der Waals surface area contributed by atoms with E-state index in [0.29, 0.717) is 34.8 Å². The van der Waals surface area contributed by atoms with Crippen LogP contribution in [0.1, 0.15) is 28.4 Å². The number of Topliss-reactive ketones (excluding diaryl/α,β-unsaturated/α-hetero) is 1. The molecule has 3 aromatic rings. The topological polar surface area (TPSA) is 102 Å². The molecule has 1 amide bonds. The molecule has 4 rings (SSSR count). The average molecular weight is 510 g/mol. The van der Waals surface area contributed by atoms with Crippen molar-refractivity contribution in [2.24, 2.45) is 0 Å². The predicted molar refractivity (Wildman–Crippen MR) is 133 cm³/mol. The molecular formula is C27H24FNO6S. The number of benzene rings is 3. The fourth-order valence-corrected chi connectivity index (χ4v) is 5.35. The quantitative estimate of drug-likeness (QED) is 0.297. The zero-order chi connectivity index (χ0) is 25.7. The normalized spacial score (nSPS) is 18.6. The van der Waals surface area contributed by atoms with Crippen LogP contribution in [0.5, 0.6) is 11.5 Å². The van der Waals surface area contributed by atoms with Gasteiger partial charge in [-0.25, -0.2) is 9.18 Å². The summed E-state index contributed by atoms with van der Waals surface area (Å²) in [6.45, 7) is 1.92. The van der Waals surface area contributed by atoms with Crippen molar-refractivity contribution in [2.75, 3.05) is 19.0 Å². The maximum atomic E-state index is 13.7. The van der Waals surface area contributed by atoms with Crippen LogP contribution < -0.4 is 14.8 Å². The Morgan fingerprint density at radius 1 is 0.944 bits per heavy atom. The molecule has 36 heavy (non-hydrogen) atoms. The second-order valence-electron chi connectivity index (χ2n) is 8.08. The number of hydrogen-bond donors (Lipinski definition) is 2. The Kier molecular flexibility index (Phi) is 7.59. The van der Waals surface area contributed by atoms with E-state index in [9.17, 15) is 18.8 Å². The van der Waals surface area contributed by atoms with E-state index >= 15 is 0 Å². The number of ketones is 1. The number of thioether (sulfide) groups is 1. The Balaban J connectivity index is 1.58. The average Bonchev–Trinajstić information content (AvgIpc) is 2.87. The number of carboxylic acids is 1. The van der Waals surface area contributed by atoms with Gasteiger partial charge in [0, 0.05) is 5.56 Å². The highest BCUT2D eigenvalue weighted by Crippen LogP contribution is 2.45. The number of rotatable bonds is 11. The summed E-state index contributed by atoms with van der Waals surface area (Å²) in [4.78, 5) is 36.4. The maximum absolute atomic E-state index is 13.7. The van der Waals surface area contributed by atoms with Gasteiger partial charge in [0.05, 0.1) is 12.4 Å². The molecule has 1 aliphatic rings. The van der Waals surface area contributed by atoms with Crippen molar-refractivity contribution in [1.29, 1.82) is 0 Å². The molecule has 7 nitrogen and oxygen atoms in total. The number of amides is 1. The molecule has 3 aromatic carbocycles. The number of carbonyl (C=O) groups excluding carboxylic acids is 2. The van der Waals surface area contributed by atoms with Crippen LogP contribution in [0.15, 0.2) is 72.8 Å². The zero-order valence-electron chi connectivity index (χ0n) is 19.4. The third kappa shape index (κ3) is 5.21. The number of β-lactam (4-membered cyclic amide) rings is 1. The summed E-state index contributed by atoms with van der Waals surface area (Å²) in [5, 5.41) is 11.1. The summed E-state index contributed by atoms with van der Waals surface area (Å²) < 4.78 is 24.3. The summed E-state index contributed by atoms with van der Waals surface area (Å²) in [7, 11) is 0. The Bertz CT molecular complexity index is 1250. The van der Waals surface area contributed by atoms with E-state index in [1.807, 2.05) is 6.92 Å². The molecule has 0 spiro atoms. The third-order valence-corrected chi connectivity index (χ3v) is 7.12. The number of ether oxygens (including phenoxy) is 2. The fraction of sp³-hybridized carbons (Fsp3) is 0.222. The highest BCUT2D eigenvalue weighted by Gasteiger charge is 2.56. The first-order valence-corrected chi connectivity index (χ1v) is 12.3. The molecule has 1 fully saturated rings. The summed E-state index contributed by atoms with van der Waals surface area (Å²) in [5.41, 5.74) is 0.869. The van der Waals surface area contributed by atoms with Gasteiger partial charge in [-0.05, 0) is 66.6 Å². The van der Waals surface area contributed by atoms with Gasteiger partial charge in [-0.15, -0.1) is 11.8 Å². The van der Waals surface area contributed by atoms with Crippen LogP contribution in [0, 0.1) is 5.82 Å². The van der Waals surface area contributed by atoms with Gasteiger partial charge in [-0.1, -0.05) is 24.3 Å². The van der Waals surface area contributed by atoms with Gasteiger partial charge in [0.25, 0.3) is 0 Å². The van der Waals surface area contributed by atoms with Gasteiger partial charge < -0.3 is 19.9 Å². The lowest BCUT2D eigenvalue weighted by Gasteiger charge is -2.49. The van der Waals surface area contributed by atoms with E-state index in [1.165, 1.54) is 23.9 Å². The number of carboxylic acid groups (broad SMARTS) is 1. The molecule has 186 valence electrons. The van der Waals surface area contributed by atoms with Crippen molar-refractivity contribution in [2.45, 2.75) is 17.7 Å². The van der Waals surface area contributed by atoms with Crippen LogP contribution in [-0.4, -0.2) is 47.0 Å². The number of aliphatic carboxylic acids is 1. The van der Waals surface area contributed by atoms with E-state index in [0.717, 1.165) is 0 Å². The van der Waals surface area contributed by atoms with Crippen molar-refractivity contribution in [1.82, 2.24) is 5.32 Å². The Labute approximate surface area is 211 Å². The van der Waals surface area contributed by atoms with E-state index < -0.39 is 29.2 Å². The van der Waals surface area contributed by atoms with Crippen molar-refractivity contribution in [3.05, 3.63) is 95.3 Å². The van der Waals surface area contributed by atoms with Crippen LogP contribution >= 0.6 is 11.8 Å². The highest BCUT2D eigenvalue weighted by molar-refractivity contribution is 8.01. The van der Waals surface area contributed by atoms with Crippen LogP contribution in [0.3, 0.4) is 0 Å². The van der Waals surface area contributed by atoms with Gasteiger partial charge in [0.1, 0.15) is 28.1 Å². The van der Waals surface area contributed by atoms with Crippen LogP contribution in [-0.2, 0) is 15.1 Å². The second-order valence-corrected chi connectivity index (χ2v) is 9.18. The molecule has 2 atom stereocenters. The molecule has 0 radical (unpaired) electrons. The number of halogens is 1. The summed E-state index contributed by atoms with van der Waals surface area (Å²) >= 11 is 1.21. The van der Waals surface area contributed by atoms with Crippen molar-refractivity contribution in [3.8, 4) is 11.5 Å².